The molecule has 1 aliphatic heterocycles. The molecule has 1 aliphatic carbocycles. The molecular formula is C14H13F2NO3. The van der Waals surface area contributed by atoms with E-state index in [9.17, 15) is 18.4 Å². The lowest BCUT2D eigenvalue weighted by molar-refractivity contribution is -0.117. The molecule has 20 heavy (non-hydrogen) atoms. The summed E-state index contributed by atoms with van der Waals surface area (Å²) < 4.78 is 31.3. The van der Waals surface area contributed by atoms with Gasteiger partial charge in [-0.2, -0.15) is 0 Å². The van der Waals surface area contributed by atoms with E-state index >= 15 is 0 Å². The molecule has 1 aromatic rings. The Morgan fingerprint density at radius 2 is 2.00 bits per heavy atom. The van der Waals surface area contributed by atoms with Gasteiger partial charge in [0.05, 0.1) is 6.04 Å². The van der Waals surface area contributed by atoms with Crippen molar-refractivity contribution in [2.24, 2.45) is 0 Å². The molecule has 1 saturated heterocycles. The van der Waals surface area contributed by atoms with E-state index in [2.05, 4.69) is 0 Å². The number of cyclic esters (lactones) is 1. The summed E-state index contributed by atoms with van der Waals surface area (Å²) in [5.41, 5.74) is 0.481. The van der Waals surface area contributed by atoms with Crippen molar-refractivity contribution >= 4 is 11.9 Å². The molecule has 1 heterocycles. The Labute approximate surface area is 114 Å². The SMILES string of the molecule is O=C1CC[C@@H](N2C(=O)OC[C@@H]2c2ccc(F)c(F)c2)C1. The number of carbonyl (C=O) groups excluding carboxylic acids is 2. The molecule has 0 aromatic heterocycles. The summed E-state index contributed by atoms with van der Waals surface area (Å²) in [6, 6.07) is 2.87. The summed E-state index contributed by atoms with van der Waals surface area (Å²) in [6.07, 6.45) is 0.835. The van der Waals surface area contributed by atoms with Gasteiger partial charge in [-0.15, -0.1) is 0 Å². The van der Waals surface area contributed by atoms with Crippen molar-refractivity contribution in [3.05, 3.63) is 35.4 Å². The summed E-state index contributed by atoms with van der Waals surface area (Å²) in [6.45, 7) is 0.0919. The van der Waals surface area contributed by atoms with Crippen LogP contribution in [0.3, 0.4) is 0 Å². The van der Waals surface area contributed by atoms with Crippen LogP contribution in [0.5, 0.6) is 0 Å². The number of carbonyl (C=O) groups is 2. The second-order valence-electron chi connectivity index (χ2n) is 5.11. The van der Waals surface area contributed by atoms with Crippen molar-refractivity contribution in [1.29, 1.82) is 0 Å². The second kappa shape index (κ2) is 4.85. The first-order chi connectivity index (χ1) is 9.56. The lowest BCUT2D eigenvalue weighted by atomic mass is 10.0. The second-order valence-corrected chi connectivity index (χ2v) is 5.11. The van der Waals surface area contributed by atoms with E-state index in [1.807, 2.05) is 0 Å². The Kier molecular flexibility index (Phi) is 3.16. The third-order valence-electron chi connectivity index (χ3n) is 3.85. The van der Waals surface area contributed by atoms with Gasteiger partial charge in [-0.1, -0.05) is 6.07 Å². The summed E-state index contributed by atoms with van der Waals surface area (Å²) in [7, 11) is 0. The molecule has 2 atom stereocenters. The topological polar surface area (TPSA) is 46.6 Å². The van der Waals surface area contributed by atoms with Crippen LogP contribution in [0.4, 0.5) is 13.6 Å². The monoisotopic (exact) mass is 281 g/mol. The summed E-state index contributed by atoms with van der Waals surface area (Å²) >= 11 is 0. The molecule has 1 amide bonds. The molecule has 0 spiro atoms. The van der Waals surface area contributed by atoms with E-state index in [-0.39, 0.29) is 18.4 Å². The standard InChI is InChI=1S/C14H13F2NO3/c15-11-4-1-8(5-12(11)16)13-7-20-14(19)17(13)9-2-3-10(18)6-9/h1,4-5,9,13H,2-3,6-7H2/t9-,13-/m1/s1. The van der Waals surface area contributed by atoms with Gasteiger partial charge in [0.25, 0.3) is 0 Å². The average molecular weight is 281 g/mol. The first-order valence-corrected chi connectivity index (χ1v) is 6.48. The highest BCUT2D eigenvalue weighted by molar-refractivity contribution is 5.82. The summed E-state index contributed by atoms with van der Waals surface area (Å²) in [4.78, 5) is 24.7. The Hall–Kier alpha value is -1.98. The van der Waals surface area contributed by atoms with Crippen molar-refractivity contribution in [1.82, 2.24) is 4.90 Å². The maximum absolute atomic E-state index is 13.3. The van der Waals surface area contributed by atoms with Gasteiger partial charge in [0, 0.05) is 18.9 Å². The highest BCUT2D eigenvalue weighted by Gasteiger charge is 2.41. The molecule has 0 N–H and O–H groups in total. The molecular weight excluding hydrogens is 268 g/mol. The zero-order valence-corrected chi connectivity index (χ0v) is 10.6. The smallest absolute Gasteiger partial charge is 0.410 e. The van der Waals surface area contributed by atoms with Gasteiger partial charge in [-0.25, -0.2) is 13.6 Å². The van der Waals surface area contributed by atoms with E-state index in [1.165, 1.54) is 11.0 Å². The van der Waals surface area contributed by atoms with Gasteiger partial charge in [-0.3, -0.25) is 9.69 Å². The Bertz CT molecular complexity index is 576. The maximum atomic E-state index is 13.3. The average Bonchev–Trinajstić information content (AvgIpc) is 2.99. The van der Waals surface area contributed by atoms with Crippen molar-refractivity contribution in [2.45, 2.75) is 31.3 Å². The minimum absolute atomic E-state index is 0.0919. The van der Waals surface area contributed by atoms with Crippen LogP contribution in [0.15, 0.2) is 18.2 Å². The molecule has 0 bridgehead atoms. The van der Waals surface area contributed by atoms with Crippen LogP contribution in [0.1, 0.15) is 30.9 Å². The summed E-state index contributed by atoms with van der Waals surface area (Å²) in [5.74, 6) is -1.77. The van der Waals surface area contributed by atoms with Gasteiger partial charge >= 0.3 is 6.09 Å². The van der Waals surface area contributed by atoms with E-state index in [0.29, 0.717) is 24.8 Å². The first-order valence-electron chi connectivity index (χ1n) is 6.48. The van der Waals surface area contributed by atoms with Gasteiger partial charge in [0.2, 0.25) is 0 Å². The molecule has 2 fully saturated rings. The number of ketones is 1. The number of Topliss-reactive ketones (excluding diaryl/α,β-unsaturated/α-hetero) is 1. The third-order valence-corrected chi connectivity index (χ3v) is 3.85. The van der Waals surface area contributed by atoms with Crippen LogP contribution < -0.4 is 0 Å². The van der Waals surface area contributed by atoms with Crippen LogP contribution in [0, 0.1) is 11.6 Å². The minimum atomic E-state index is -0.954. The molecule has 3 rings (SSSR count). The Balaban J connectivity index is 1.89. The van der Waals surface area contributed by atoms with Crippen molar-refractivity contribution < 1.29 is 23.1 Å². The number of ether oxygens (including phenoxy) is 1. The van der Waals surface area contributed by atoms with Gasteiger partial charge < -0.3 is 4.74 Å². The number of halogens is 2. The van der Waals surface area contributed by atoms with Crippen molar-refractivity contribution in [3.8, 4) is 0 Å². The zero-order valence-electron chi connectivity index (χ0n) is 10.6. The van der Waals surface area contributed by atoms with Crippen molar-refractivity contribution in [3.63, 3.8) is 0 Å². The normalized spacial score (nSPS) is 26.2. The van der Waals surface area contributed by atoms with Gasteiger partial charge in [-0.05, 0) is 24.1 Å². The molecule has 1 aromatic carbocycles. The zero-order chi connectivity index (χ0) is 14.3. The van der Waals surface area contributed by atoms with Crippen LogP contribution >= 0.6 is 0 Å². The fraction of sp³-hybridized carbons (Fsp3) is 0.429. The van der Waals surface area contributed by atoms with Crippen LogP contribution in [0.25, 0.3) is 0 Å². The quantitative estimate of drug-likeness (QED) is 0.837. The fourth-order valence-electron chi connectivity index (χ4n) is 2.84. The largest absolute Gasteiger partial charge is 0.447 e. The number of hydrogen-bond acceptors (Lipinski definition) is 3. The van der Waals surface area contributed by atoms with Crippen LogP contribution in [-0.2, 0) is 9.53 Å². The predicted molar refractivity (Wildman–Crippen MR) is 64.9 cm³/mol. The Morgan fingerprint density at radius 3 is 2.65 bits per heavy atom. The molecule has 2 aliphatic rings. The van der Waals surface area contributed by atoms with E-state index in [0.717, 1.165) is 12.1 Å². The maximum Gasteiger partial charge on any atom is 0.410 e. The van der Waals surface area contributed by atoms with Crippen LogP contribution in [0.2, 0.25) is 0 Å². The van der Waals surface area contributed by atoms with Gasteiger partial charge in [0.1, 0.15) is 12.4 Å². The highest BCUT2D eigenvalue weighted by Crippen LogP contribution is 2.35. The highest BCUT2D eigenvalue weighted by atomic mass is 19.2. The number of rotatable bonds is 2. The summed E-state index contributed by atoms with van der Waals surface area (Å²) in [5, 5.41) is 0. The fourth-order valence-corrected chi connectivity index (χ4v) is 2.84. The molecule has 0 unspecified atom stereocenters. The lowest BCUT2D eigenvalue weighted by Gasteiger charge is -2.27. The van der Waals surface area contributed by atoms with E-state index in [4.69, 9.17) is 4.74 Å². The predicted octanol–water partition coefficient (Wildman–Crippen LogP) is 2.58. The third kappa shape index (κ3) is 2.15. The molecule has 4 nitrogen and oxygen atoms in total. The Morgan fingerprint density at radius 1 is 1.20 bits per heavy atom. The molecule has 6 heteroatoms. The molecule has 0 radical (unpaired) electrons. The number of nitrogens with zero attached hydrogens (tertiary/aromatic N) is 1. The number of amides is 1. The van der Waals surface area contributed by atoms with Crippen molar-refractivity contribution in [2.75, 3.05) is 6.61 Å². The lowest BCUT2D eigenvalue weighted by Crippen LogP contribution is -2.36. The van der Waals surface area contributed by atoms with E-state index < -0.39 is 23.8 Å². The molecule has 106 valence electrons. The minimum Gasteiger partial charge on any atom is -0.447 e. The van der Waals surface area contributed by atoms with Crippen LogP contribution in [-0.4, -0.2) is 29.4 Å². The van der Waals surface area contributed by atoms with Gasteiger partial charge in [0.15, 0.2) is 11.6 Å². The number of benzene rings is 1. The number of hydrogen-bond donors (Lipinski definition) is 0. The molecule has 1 saturated carbocycles. The first kappa shape index (κ1) is 13.0. The van der Waals surface area contributed by atoms with E-state index in [1.54, 1.807) is 0 Å².